The van der Waals surface area contributed by atoms with E-state index in [9.17, 15) is 14.7 Å². The number of fused-ring (bicyclic) bond motifs is 12. The van der Waals surface area contributed by atoms with Crippen LogP contribution in [-0.4, -0.2) is 24.2 Å². The van der Waals surface area contributed by atoms with E-state index in [1.165, 1.54) is 18.2 Å². The molecule has 4 heterocycles. The predicted octanol–water partition coefficient (Wildman–Crippen LogP) is 16.4. The zero-order valence-corrected chi connectivity index (χ0v) is 38.2. The van der Waals surface area contributed by atoms with Gasteiger partial charge in [0.25, 0.3) is 0 Å². The number of carboxylic acids is 1. The fraction of sp³-hybridized carbons (Fsp3) is 0.153. The Hall–Kier alpha value is -8.10. The molecular formula is C59H46O8. The van der Waals surface area contributed by atoms with Crippen LogP contribution in [0.3, 0.4) is 0 Å². The molecule has 0 fully saturated rings. The normalized spacial score (nSPS) is 12.3. The number of methoxy groups -OCH3 is 1. The average molecular weight is 883 g/mol. The molecule has 1 N–H and O–H groups in total. The van der Waals surface area contributed by atoms with Gasteiger partial charge in [-0.25, -0.2) is 9.59 Å². The van der Waals surface area contributed by atoms with Crippen molar-refractivity contribution in [2.75, 3.05) is 7.11 Å². The molecule has 0 unspecified atom stereocenters. The Kier molecular flexibility index (Phi) is 9.46. The molecule has 67 heavy (non-hydrogen) atoms. The number of para-hydroxylation sites is 4. The van der Waals surface area contributed by atoms with Gasteiger partial charge in [-0.2, -0.15) is 0 Å². The highest BCUT2D eigenvalue weighted by Crippen LogP contribution is 2.46. The first-order valence-corrected chi connectivity index (χ1v) is 22.3. The highest BCUT2D eigenvalue weighted by Gasteiger charge is 2.26. The molecule has 0 spiro atoms. The van der Waals surface area contributed by atoms with Crippen molar-refractivity contribution in [1.82, 2.24) is 0 Å². The summed E-state index contributed by atoms with van der Waals surface area (Å²) in [7, 11) is 1.40. The molecule has 4 aromatic heterocycles. The maximum atomic E-state index is 12.9. The summed E-state index contributed by atoms with van der Waals surface area (Å²) in [6, 6.07) is 47.2. The molecule has 0 atom stereocenters. The van der Waals surface area contributed by atoms with Gasteiger partial charge in [-0.3, -0.25) is 0 Å². The second-order valence-electron chi connectivity index (χ2n) is 19.2. The van der Waals surface area contributed by atoms with E-state index in [2.05, 4.69) is 71.9 Å². The van der Waals surface area contributed by atoms with Gasteiger partial charge < -0.3 is 27.5 Å². The number of esters is 1. The van der Waals surface area contributed by atoms with Crippen molar-refractivity contribution in [1.29, 1.82) is 0 Å². The Morgan fingerprint density at radius 1 is 0.433 bits per heavy atom. The van der Waals surface area contributed by atoms with Gasteiger partial charge in [0.2, 0.25) is 0 Å². The molecule has 0 amide bonds. The molecule has 0 bridgehead atoms. The summed E-state index contributed by atoms with van der Waals surface area (Å²) in [6.07, 6.45) is 0. The standard InChI is InChI=1S/C30H24O4.C29H22O4/c1-30(2,3)17-12-14-24-22(16-17)18-9-7-10-20(28(18)34-24)26-21(29(31)32-4)13-15-25-27(26)19-8-5-6-11-23(19)33-25;1-29(2,3)16-11-13-23-21(15-16)17-8-6-9-19(27(17)33-23)25-20(28(30)31)12-14-24-26(25)18-7-4-5-10-22(18)32-24/h5-16H,1-4H3;4-15H,1-3H3,(H,30,31). The fourth-order valence-corrected chi connectivity index (χ4v) is 9.57. The second-order valence-corrected chi connectivity index (χ2v) is 19.2. The summed E-state index contributed by atoms with van der Waals surface area (Å²) in [5.74, 6) is -1.38. The first-order chi connectivity index (χ1) is 32.2. The number of rotatable bonds is 4. The SMILES string of the molecule is CC(C)(C)c1ccc2oc3c(-c4c(C(=O)O)ccc5oc6ccccc6c45)cccc3c2c1.COC(=O)c1ccc2oc3ccccc3c2c1-c1cccc2c1oc1ccc(C(C)(C)C)cc12. The van der Waals surface area contributed by atoms with Crippen LogP contribution in [0.5, 0.6) is 0 Å². The van der Waals surface area contributed by atoms with Crippen molar-refractivity contribution in [3.63, 3.8) is 0 Å². The molecule has 12 rings (SSSR count). The highest BCUT2D eigenvalue weighted by molar-refractivity contribution is 6.22. The lowest BCUT2D eigenvalue weighted by Crippen LogP contribution is -2.10. The van der Waals surface area contributed by atoms with E-state index in [-0.39, 0.29) is 16.4 Å². The van der Waals surface area contributed by atoms with Crippen LogP contribution in [0.15, 0.2) is 163 Å². The lowest BCUT2D eigenvalue weighted by atomic mass is 9.86. The number of carbonyl (C=O) groups excluding carboxylic acids is 1. The summed E-state index contributed by atoms with van der Waals surface area (Å²) in [5.41, 5.74) is 12.0. The number of aromatic carboxylic acids is 1. The zero-order valence-electron chi connectivity index (χ0n) is 38.2. The lowest BCUT2D eigenvalue weighted by Gasteiger charge is -2.18. The van der Waals surface area contributed by atoms with Gasteiger partial charge in [-0.1, -0.05) is 126 Å². The van der Waals surface area contributed by atoms with Crippen LogP contribution < -0.4 is 0 Å². The number of ether oxygens (including phenoxy) is 1. The first kappa shape index (κ1) is 41.6. The van der Waals surface area contributed by atoms with E-state index in [4.69, 9.17) is 22.4 Å². The van der Waals surface area contributed by atoms with Gasteiger partial charge in [-0.05, 0) is 82.6 Å². The predicted molar refractivity (Wildman–Crippen MR) is 269 cm³/mol. The topological polar surface area (TPSA) is 116 Å². The molecule has 0 saturated heterocycles. The third-order valence-corrected chi connectivity index (χ3v) is 13.0. The minimum atomic E-state index is -0.986. The van der Waals surface area contributed by atoms with Crippen LogP contribution >= 0.6 is 0 Å². The summed E-state index contributed by atoms with van der Waals surface area (Å²) in [6.45, 7) is 13.2. The average Bonchev–Trinajstić information content (AvgIpc) is 4.10. The summed E-state index contributed by atoms with van der Waals surface area (Å²) < 4.78 is 30.1. The molecule has 8 heteroatoms. The Labute approximate surface area is 384 Å². The van der Waals surface area contributed by atoms with Gasteiger partial charge in [0.05, 0.1) is 18.2 Å². The van der Waals surface area contributed by atoms with Gasteiger partial charge in [-0.15, -0.1) is 0 Å². The summed E-state index contributed by atoms with van der Waals surface area (Å²) in [5, 5.41) is 17.6. The highest BCUT2D eigenvalue weighted by atomic mass is 16.5. The third-order valence-electron chi connectivity index (χ3n) is 13.0. The van der Waals surface area contributed by atoms with Crippen molar-refractivity contribution in [3.05, 3.63) is 168 Å². The van der Waals surface area contributed by atoms with Gasteiger partial charge >= 0.3 is 11.9 Å². The minimum absolute atomic E-state index is 0.00712. The monoisotopic (exact) mass is 882 g/mol. The van der Waals surface area contributed by atoms with E-state index in [0.29, 0.717) is 27.9 Å². The van der Waals surface area contributed by atoms with E-state index >= 15 is 0 Å². The van der Waals surface area contributed by atoms with Crippen LogP contribution in [0.2, 0.25) is 0 Å². The van der Waals surface area contributed by atoms with Crippen LogP contribution in [0, 0.1) is 0 Å². The largest absolute Gasteiger partial charge is 0.478 e. The molecule has 0 radical (unpaired) electrons. The van der Waals surface area contributed by atoms with Gasteiger partial charge in [0.1, 0.15) is 44.7 Å². The van der Waals surface area contributed by atoms with E-state index < -0.39 is 11.9 Å². The van der Waals surface area contributed by atoms with E-state index in [1.807, 2.05) is 97.1 Å². The molecule has 0 saturated carbocycles. The van der Waals surface area contributed by atoms with Crippen LogP contribution in [-0.2, 0) is 15.6 Å². The molecule has 8 nitrogen and oxygen atoms in total. The van der Waals surface area contributed by atoms with Crippen molar-refractivity contribution in [2.24, 2.45) is 0 Å². The van der Waals surface area contributed by atoms with Crippen LogP contribution in [0.1, 0.15) is 73.4 Å². The third kappa shape index (κ3) is 6.74. The smallest absolute Gasteiger partial charge is 0.338 e. The van der Waals surface area contributed by atoms with Crippen molar-refractivity contribution >= 4 is 99.7 Å². The molecule has 330 valence electrons. The Morgan fingerprint density at radius 2 is 0.836 bits per heavy atom. The maximum Gasteiger partial charge on any atom is 0.338 e. The fourth-order valence-electron chi connectivity index (χ4n) is 9.57. The number of furan rings is 4. The maximum absolute atomic E-state index is 12.9. The molecular weight excluding hydrogens is 837 g/mol. The zero-order chi connectivity index (χ0) is 46.5. The number of hydrogen-bond acceptors (Lipinski definition) is 7. The lowest BCUT2D eigenvalue weighted by molar-refractivity contribution is 0.0600. The van der Waals surface area contributed by atoms with E-state index in [1.54, 1.807) is 18.2 Å². The summed E-state index contributed by atoms with van der Waals surface area (Å²) >= 11 is 0. The van der Waals surface area contributed by atoms with Crippen molar-refractivity contribution in [3.8, 4) is 22.3 Å². The molecule has 8 aromatic carbocycles. The number of benzene rings is 8. The summed E-state index contributed by atoms with van der Waals surface area (Å²) in [4.78, 5) is 25.2. The Morgan fingerprint density at radius 3 is 1.28 bits per heavy atom. The van der Waals surface area contributed by atoms with Crippen molar-refractivity contribution in [2.45, 2.75) is 52.4 Å². The van der Waals surface area contributed by atoms with E-state index in [0.717, 1.165) is 87.7 Å². The molecule has 0 aliphatic carbocycles. The second kappa shape index (κ2) is 15.2. The Bertz CT molecular complexity index is 3990. The number of carbonyl (C=O) groups is 2. The number of carboxylic acid groups (broad SMARTS) is 1. The molecule has 0 aliphatic rings. The number of hydrogen-bond donors (Lipinski definition) is 1. The molecule has 12 aromatic rings. The molecule has 0 aliphatic heterocycles. The van der Waals surface area contributed by atoms with Gasteiger partial charge in [0, 0.05) is 65.3 Å². The van der Waals surface area contributed by atoms with Crippen LogP contribution in [0.25, 0.3) is 110 Å². The van der Waals surface area contributed by atoms with Crippen LogP contribution in [0.4, 0.5) is 0 Å². The first-order valence-electron chi connectivity index (χ1n) is 22.3. The van der Waals surface area contributed by atoms with Gasteiger partial charge in [0.15, 0.2) is 0 Å². The minimum Gasteiger partial charge on any atom is -0.478 e. The van der Waals surface area contributed by atoms with Crippen molar-refractivity contribution < 1.29 is 37.1 Å². The quantitative estimate of drug-likeness (QED) is 0.174. The Balaban J connectivity index is 0.000000148.